The molecule has 3 heterocycles. The van der Waals surface area contributed by atoms with Crippen molar-refractivity contribution in [2.24, 2.45) is 0 Å². The molecule has 2 aliphatic rings. The van der Waals surface area contributed by atoms with Gasteiger partial charge in [-0.1, -0.05) is 41.6 Å². The van der Waals surface area contributed by atoms with Crippen LogP contribution in [-0.2, 0) is 10.3 Å². The third kappa shape index (κ3) is 3.67. The third-order valence-corrected chi connectivity index (χ3v) is 7.68. The minimum Gasteiger partial charge on any atom is -0.326 e. The monoisotopic (exact) mass is 477 g/mol. The second kappa shape index (κ2) is 8.25. The number of aromatic nitrogens is 2. The topological polar surface area (TPSA) is 82.2 Å². The molecule has 1 fully saturated rings. The van der Waals surface area contributed by atoms with Gasteiger partial charge in [0, 0.05) is 29.6 Å². The Bertz CT molecular complexity index is 1300. The van der Waals surface area contributed by atoms with Gasteiger partial charge in [-0.3, -0.25) is 9.59 Å². The average Bonchev–Trinajstić information content (AvgIpc) is 3.40. The molecular weight excluding hydrogens is 458 g/mol. The van der Waals surface area contributed by atoms with Crippen LogP contribution in [0.2, 0.25) is 5.02 Å². The second-order valence-electron chi connectivity index (χ2n) is 8.27. The molecule has 0 saturated carbocycles. The number of amides is 2. The maximum Gasteiger partial charge on any atom is 0.272 e. The Balaban J connectivity index is 1.40. The zero-order valence-corrected chi connectivity index (χ0v) is 19.4. The van der Waals surface area contributed by atoms with E-state index in [0.717, 1.165) is 22.2 Å². The van der Waals surface area contributed by atoms with Gasteiger partial charge < -0.3 is 14.4 Å². The number of nitriles is 1. The summed E-state index contributed by atoms with van der Waals surface area (Å²) in [5, 5.41) is 10.4. The van der Waals surface area contributed by atoms with Gasteiger partial charge in [0.15, 0.2) is 5.16 Å². The molecule has 3 aromatic rings. The number of thioether (sulfide) groups is 1. The van der Waals surface area contributed by atoms with Crippen LogP contribution in [0.1, 0.15) is 28.5 Å². The van der Waals surface area contributed by atoms with Gasteiger partial charge in [-0.15, -0.1) is 0 Å². The first kappa shape index (κ1) is 21.6. The largest absolute Gasteiger partial charge is 0.326 e. The molecule has 0 N–H and O–H groups in total. The van der Waals surface area contributed by atoms with Gasteiger partial charge in [0.2, 0.25) is 5.91 Å². The molecule has 0 radical (unpaired) electrons. The summed E-state index contributed by atoms with van der Waals surface area (Å²) in [5.41, 5.74) is 2.30. The van der Waals surface area contributed by atoms with Gasteiger partial charge >= 0.3 is 0 Å². The van der Waals surface area contributed by atoms with Crippen LogP contribution in [0.25, 0.3) is 0 Å². The number of piperazine rings is 1. The van der Waals surface area contributed by atoms with E-state index < -0.39 is 5.54 Å². The Kier molecular flexibility index (Phi) is 5.39. The van der Waals surface area contributed by atoms with Crippen molar-refractivity contribution in [1.82, 2.24) is 14.5 Å². The van der Waals surface area contributed by atoms with Crippen molar-refractivity contribution in [3.05, 3.63) is 76.6 Å². The van der Waals surface area contributed by atoms with E-state index in [1.807, 2.05) is 22.8 Å². The van der Waals surface area contributed by atoms with Crippen molar-refractivity contribution in [3.63, 3.8) is 0 Å². The zero-order chi connectivity index (χ0) is 23.2. The Morgan fingerprint density at radius 1 is 1.21 bits per heavy atom. The van der Waals surface area contributed by atoms with Crippen LogP contribution in [-0.4, -0.2) is 51.7 Å². The molecule has 7 nitrogen and oxygen atoms in total. The fourth-order valence-electron chi connectivity index (χ4n) is 4.38. The molecule has 0 spiro atoms. The molecule has 1 atom stereocenters. The van der Waals surface area contributed by atoms with E-state index >= 15 is 0 Å². The van der Waals surface area contributed by atoms with Gasteiger partial charge in [-0.25, -0.2) is 4.98 Å². The van der Waals surface area contributed by atoms with E-state index in [0.29, 0.717) is 29.4 Å². The molecule has 1 aromatic heterocycles. The first-order chi connectivity index (χ1) is 15.9. The second-order valence-corrected chi connectivity index (χ2v) is 9.64. The Hall–Kier alpha value is -3.28. The Morgan fingerprint density at radius 3 is 2.70 bits per heavy atom. The maximum atomic E-state index is 13.5. The van der Waals surface area contributed by atoms with Crippen molar-refractivity contribution in [2.45, 2.75) is 17.6 Å². The lowest BCUT2D eigenvalue weighted by atomic mass is 9.92. The number of carbonyl (C=O) groups excluding carboxylic acids is 2. The summed E-state index contributed by atoms with van der Waals surface area (Å²) in [4.78, 5) is 34.1. The number of imidazole rings is 1. The highest BCUT2D eigenvalue weighted by Crippen LogP contribution is 2.43. The fourth-order valence-corrected chi connectivity index (χ4v) is 5.82. The molecule has 0 aliphatic carbocycles. The molecular formula is C24H20ClN5O2S. The quantitative estimate of drug-likeness (QED) is 0.573. The van der Waals surface area contributed by atoms with Crippen LogP contribution in [0.3, 0.4) is 0 Å². The molecule has 2 amide bonds. The van der Waals surface area contributed by atoms with Gasteiger partial charge in [0.1, 0.15) is 12.2 Å². The van der Waals surface area contributed by atoms with E-state index in [4.69, 9.17) is 16.9 Å². The molecule has 9 heteroatoms. The number of anilines is 1. The third-order valence-electron chi connectivity index (χ3n) is 6.19. The lowest BCUT2D eigenvalue weighted by Crippen LogP contribution is -2.53. The molecule has 2 aliphatic heterocycles. The first-order valence-electron chi connectivity index (χ1n) is 10.5. The molecule has 1 saturated heterocycles. The highest BCUT2D eigenvalue weighted by Gasteiger charge is 2.41. The number of nitrogens with zero attached hydrogens (tertiary/aromatic N) is 5. The van der Waals surface area contributed by atoms with Crippen molar-refractivity contribution in [1.29, 1.82) is 5.26 Å². The Labute approximate surface area is 200 Å². The van der Waals surface area contributed by atoms with Crippen LogP contribution in [0.15, 0.2) is 59.9 Å². The highest BCUT2D eigenvalue weighted by molar-refractivity contribution is 7.99. The summed E-state index contributed by atoms with van der Waals surface area (Å²) in [6.45, 7) is 2.87. The van der Waals surface area contributed by atoms with E-state index in [1.165, 1.54) is 0 Å². The average molecular weight is 478 g/mol. The zero-order valence-electron chi connectivity index (χ0n) is 17.9. The maximum absolute atomic E-state index is 13.5. The minimum atomic E-state index is -0.484. The van der Waals surface area contributed by atoms with E-state index in [1.54, 1.807) is 58.1 Å². The number of fused-ring (bicyclic) bond motifs is 1. The van der Waals surface area contributed by atoms with Gasteiger partial charge in [0.05, 0.1) is 23.4 Å². The first-order valence-corrected chi connectivity index (χ1v) is 11.8. The normalized spacial score (nSPS) is 20.0. The summed E-state index contributed by atoms with van der Waals surface area (Å²) >= 11 is 7.67. The summed E-state index contributed by atoms with van der Waals surface area (Å²) in [7, 11) is 0. The number of carbonyl (C=O) groups is 2. The van der Waals surface area contributed by atoms with E-state index in [2.05, 4.69) is 18.0 Å². The smallest absolute Gasteiger partial charge is 0.272 e. The molecule has 166 valence electrons. The highest BCUT2D eigenvalue weighted by atomic mass is 35.5. The summed E-state index contributed by atoms with van der Waals surface area (Å²) in [5.74, 6) is 0.363. The van der Waals surface area contributed by atoms with Crippen LogP contribution in [0.5, 0.6) is 0 Å². The minimum absolute atomic E-state index is 0.00736. The van der Waals surface area contributed by atoms with Crippen molar-refractivity contribution in [2.75, 3.05) is 30.3 Å². The van der Waals surface area contributed by atoms with Crippen LogP contribution >= 0.6 is 23.4 Å². The number of halogens is 1. The van der Waals surface area contributed by atoms with Crippen LogP contribution in [0.4, 0.5) is 5.69 Å². The number of benzene rings is 2. The molecule has 5 rings (SSSR count). The Morgan fingerprint density at radius 2 is 2.00 bits per heavy atom. The van der Waals surface area contributed by atoms with Gasteiger partial charge in [-0.2, -0.15) is 5.26 Å². The SMILES string of the molecule is CC1(c2ccc(C#N)cc2)CSc2ncc(C(=O)N3CCN(c4cccc(Cl)c4)C(=O)C3)n21. The summed E-state index contributed by atoms with van der Waals surface area (Å²) in [6.07, 6.45) is 1.60. The van der Waals surface area contributed by atoms with Crippen LogP contribution < -0.4 is 4.90 Å². The summed E-state index contributed by atoms with van der Waals surface area (Å²) in [6, 6.07) is 16.7. The standard InChI is InChI=1S/C24H20ClN5O2S/c1-24(17-7-5-16(12-26)6-8-17)15-33-23-27-13-20(30(23)24)22(32)28-9-10-29(21(31)14-28)19-4-2-3-18(25)11-19/h2-8,11,13H,9-10,14-15H2,1H3. The molecule has 1 unspecified atom stereocenters. The van der Waals surface area contributed by atoms with Crippen molar-refractivity contribution < 1.29 is 9.59 Å². The number of hydrogen-bond donors (Lipinski definition) is 0. The van der Waals surface area contributed by atoms with Gasteiger partial charge in [0.25, 0.3) is 5.91 Å². The predicted molar refractivity (Wildman–Crippen MR) is 127 cm³/mol. The fraction of sp³-hybridized carbons (Fsp3) is 0.250. The van der Waals surface area contributed by atoms with Gasteiger partial charge in [-0.05, 0) is 42.8 Å². The predicted octanol–water partition coefficient (Wildman–Crippen LogP) is 3.77. The van der Waals surface area contributed by atoms with Crippen molar-refractivity contribution >= 4 is 40.9 Å². The molecule has 2 aromatic carbocycles. The summed E-state index contributed by atoms with van der Waals surface area (Å²) < 4.78 is 1.97. The van der Waals surface area contributed by atoms with E-state index in [9.17, 15) is 9.59 Å². The molecule has 33 heavy (non-hydrogen) atoms. The number of rotatable bonds is 3. The molecule has 0 bridgehead atoms. The van der Waals surface area contributed by atoms with Crippen molar-refractivity contribution in [3.8, 4) is 6.07 Å². The van der Waals surface area contributed by atoms with E-state index in [-0.39, 0.29) is 18.4 Å². The lowest BCUT2D eigenvalue weighted by Gasteiger charge is -2.35. The van der Waals surface area contributed by atoms with Crippen LogP contribution in [0, 0.1) is 11.3 Å². The number of hydrogen-bond acceptors (Lipinski definition) is 5. The lowest BCUT2D eigenvalue weighted by molar-refractivity contribution is -0.120.